The molecule has 0 amide bonds. The highest BCUT2D eigenvalue weighted by Gasteiger charge is 2.24. The molecule has 1 unspecified atom stereocenters. The van der Waals surface area contributed by atoms with Crippen molar-refractivity contribution in [1.29, 1.82) is 0 Å². The van der Waals surface area contributed by atoms with Gasteiger partial charge in [0.1, 0.15) is 0 Å². The van der Waals surface area contributed by atoms with Crippen molar-refractivity contribution in [3.05, 3.63) is 0 Å². The fourth-order valence-corrected chi connectivity index (χ4v) is 3.28. The van der Waals surface area contributed by atoms with Gasteiger partial charge in [0.15, 0.2) is 0 Å². The number of nitrogens with one attached hydrogen (secondary N) is 1. The van der Waals surface area contributed by atoms with Gasteiger partial charge < -0.3 is 4.90 Å². The molecule has 2 rings (SSSR count). The van der Waals surface area contributed by atoms with Crippen molar-refractivity contribution >= 4 is 5.96 Å². The van der Waals surface area contributed by atoms with Crippen LogP contribution in [-0.2, 0) is 0 Å². The second kappa shape index (κ2) is 6.98. The van der Waals surface area contributed by atoms with Gasteiger partial charge in [-0.2, -0.15) is 0 Å². The summed E-state index contributed by atoms with van der Waals surface area (Å²) in [7, 11) is 0. The molecule has 4 heteroatoms. The van der Waals surface area contributed by atoms with Crippen LogP contribution in [0.5, 0.6) is 0 Å². The number of hydrogen-bond donors (Lipinski definition) is 2. The number of likely N-dealkylation sites (tertiary alicyclic amines) is 1. The highest BCUT2D eigenvalue weighted by Crippen LogP contribution is 2.23. The van der Waals surface area contributed by atoms with Gasteiger partial charge in [0.25, 0.3) is 0 Å². The van der Waals surface area contributed by atoms with Gasteiger partial charge in [0, 0.05) is 12.6 Å². The molecule has 2 aliphatic rings. The molecule has 3 N–H and O–H groups in total. The van der Waals surface area contributed by atoms with E-state index in [1.165, 1.54) is 57.8 Å². The molecule has 1 heterocycles. The molecule has 0 aromatic rings. The second-order valence-corrected chi connectivity index (χ2v) is 5.64. The van der Waals surface area contributed by atoms with E-state index in [4.69, 9.17) is 10.8 Å². The molecule has 18 heavy (non-hydrogen) atoms. The monoisotopic (exact) mass is 252 g/mol. The zero-order chi connectivity index (χ0) is 12.8. The Morgan fingerprint density at radius 2 is 1.89 bits per heavy atom. The third-order valence-electron chi connectivity index (χ3n) is 4.38. The van der Waals surface area contributed by atoms with Crippen molar-refractivity contribution in [3.63, 3.8) is 0 Å². The van der Waals surface area contributed by atoms with E-state index in [1.807, 2.05) is 0 Å². The quantitative estimate of drug-likeness (QED) is 0.343. The fourth-order valence-electron chi connectivity index (χ4n) is 3.28. The summed E-state index contributed by atoms with van der Waals surface area (Å²) in [6.07, 6.45) is 11.6. The standard InChI is InChI=1S/C14H28N4/c1-2-13-10-6-7-11-18(13)14(17-15)16-12-8-4-3-5-9-12/h12-13H,2-11,15H2,1H3,(H,16,17). The van der Waals surface area contributed by atoms with Crippen LogP contribution in [0.2, 0.25) is 0 Å². The Hall–Kier alpha value is -0.770. The summed E-state index contributed by atoms with van der Waals surface area (Å²) in [5, 5.41) is 0. The Morgan fingerprint density at radius 3 is 2.56 bits per heavy atom. The summed E-state index contributed by atoms with van der Waals surface area (Å²) in [5.41, 5.74) is 2.86. The van der Waals surface area contributed by atoms with Crippen molar-refractivity contribution in [1.82, 2.24) is 10.3 Å². The van der Waals surface area contributed by atoms with Crippen LogP contribution in [0.25, 0.3) is 0 Å². The van der Waals surface area contributed by atoms with Crippen molar-refractivity contribution in [2.45, 2.75) is 76.8 Å². The first kappa shape index (κ1) is 13.7. The normalized spacial score (nSPS) is 27.3. The molecule has 1 aliphatic carbocycles. The molecule has 2 fully saturated rings. The van der Waals surface area contributed by atoms with Crippen LogP contribution in [0.4, 0.5) is 0 Å². The number of hydrazine groups is 1. The topological polar surface area (TPSA) is 53.6 Å². The van der Waals surface area contributed by atoms with E-state index in [9.17, 15) is 0 Å². The average molecular weight is 252 g/mol. The van der Waals surface area contributed by atoms with E-state index >= 15 is 0 Å². The van der Waals surface area contributed by atoms with E-state index in [0.717, 1.165) is 12.5 Å². The molecule has 1 saturated heterocycles. The van der Waals surface area contributed by atoms with E-state index in [0.29, 0.717) is 12.1 Å². The van der Waals surface area contributed by atoms with Crippen LogP contribution in [0.3, 0.4) is 0 Å². The van der Waals surface area contributed by atoms with Crippen molar-refractivity contribution in [3.8, 4) is 0 Å². The predicted octanol–water partition coefficient (Wildman–Crippen LogP) is 2.40. The Morgan fingerprint density at radius 1 is 1.17 bits per heavy atom. The lowest BCUT2D eigenvalue weighted by atomic mass is 9.96. The Balaban J connectivity index is 2.02. The zero-order valence-electron chi connectivity index (χ0n) is 11.7. The molecular formula is C14H28N4. The highest BCUT2D eigenvalue weighted by molar-refractivity contribution is 5.80. The van der Waals surface area contributed by atoms with Crippen LogP contribution in [0.1, 0.15) is 64.7 Å². The number of guanidine groups is 1. The van der Waals surface area contributed by atoms with Crippen molar-refractivity contribution in [2.24, 2.45) is 10.8 Å². The van der Waals surface area contributed by atoms with Gasteiger partial charge in [-0.3, -0.25) is 5.43 Å². The van der Waals surface area contributed by atoms with Gasteiger partial charge in [-0.05, 0) is 38.5 Å². The molecule has 4 nitrogen and oxygen atoms in total. The Kier molecular flexibility index (Phi) is 5.29. The van der Waals surface area contributed by atoms with Gasteiger partial charge in [0.2, 0.25) is 5.96 Å². The zero-order valence-corrected chi connectivity index (χ0v) is 11.7. The van der Waals surface area contributed by atoms with Crippen LogP contribution >= 0.6 is 0 Å². The first-order valence-electron chi connectivity index (χ1n) is 7.66. The maximum atomic E-state index is 5.72. The van der Waals surface area contributed by atoms with Crippen molar-refractivity contribution in [2.75, 3.05) is 6.54 Å². The van der Waals surface area contributed by atoms with Crippen LogP contribution in [-0.4, -0.2) is 29.5 Å². The smallest absolute Gasteiger partial charge is 0.208 e. The minimum Gasteiger partial charge on any atom is -0.339 e. The Bertz CT molecular complexity index is 271. The summed E-state index contributed by atoms with van der Waals surface area (Å²) in [6, 6.07) is 1.11. The van der Waals surface area contributed by atoms with E-state index in [2.05, 4.69) is 17.2 Å². The molecular weight excluding hydrogens is 224 g/mol. The summed E-state index contributed by atoms with van der Waals surface area (Å²) in [6.45, 7) is 3.37. The molecule has 0 aromatic heterocycles. The van der Waals surface area contributed by atoms with Gasteiger partial charge in [-0.1, -0.05) is 26.2 Å². The number of nitrogens with zero attached hydrogens (tertiary/aromatic N) is 2. The molecule has 0 bridgehead atoms. The van der Waals surface area contributed by atoms with E-state index in [-0.39, 0.29) is 0 Å². The number of hydrogen-bond acceptors (Lipinski definition) is 2. The van der Waals surface area contributed by atoms with Gasteiger partial charge in [0.05, 0.1) is 6.04 Å². The molecule has 0 spiro atoms. The van der Waals surface area contributed by atoms with Gasteiger partial charge in [-0.15, -0.1) is 0 Å². The summed E-state index contributed by atoms with van der Waals surface area (Å²) in [5.74, 6) is 6.65. The molecule has 104 valence electrons. The third-order valence-corrected chi connectivity index (χ3v) is 4.38. The van der Waals surface area contributed by atoms with Crippen molar-refractivity contribution < 1.29 is 0 Å². The predicted molar refractivity (Wildman–Crippen MR) is 76.3 cm³/mol. The van der Waals surface area contributed by atoms with E-state index < -0.39 is 0 Å². The summed E-state index contributed by atoms with van der Waals surface area (Å²) in [4.78, 5) is 7.28. The minimum atomic E-state index is 0.490. The molecule has 1 aliphatic heterocycles. The van der Waals surface area contributed by atoms with Gasteiger partial charge in [-0.25, -0.2) is 10.8 Å². The van der Waals surface area contributed by atoms with Crippen LogP contribution in [0, 0.1) is 0 Å². The maximum absolute atomic E-state index is 5.72. The first-order chi connectivity index (χ1) is 8.85. The SMILES string of the molecule is CCC1CCCCN1C(=NC1CCCCC1)NN. The lowest BCUT2D eigenvalue weighted by molar-refractivity contribution is 0.227. The lowest BCUT2D eigenvalue weighted by Crippen LogP contribution is -2.52. The summed E-state index contributed by atoms with van der Waals surface area (Å²) >= 11 is 0. The second-order valence-electron chi connectivity index (χ2n) is 5.64. The molecule has 0 aromatic carbocycles. The number of aliphatic imine (C=N–C) groups is 1. The molecule has 0 radical (unpaired) electrons. The lowest BCUT2D eigenvalue weighted by Gasteiger charge is -2.37. The first-order valence-corrected chi connectivity index (χ1v) is 7.66. The average Bonchev–Trinajstić information content (AvgIpc) is 2.46. The molecule has 1 saturated carbocycles. The largest absolute Gasteiger partial charge is 0.339 e. The highest BCUT2D eigenvalue weighted by atomic mass is 15.4. The molecule has 1 atom stereocenters. The van der Waals surface area contributed by atoms with E-state index in [1.54, 1.807) is 0 Å². The van der Waals surface area contributed by atoms with Crippen LogP contribution in [0.15, 0.2) is 4.99 Å². The third kappa shape index (κ3) is 3.37. The Labute approximate surface area is 111 Å². The fraction of sp³-hybridized carbons (Fsp3) is 0.929. The van der Waals surface area contributed by atoms with Crippen LogP contribution < -0.4 is 11.3 Å². The number of rotatable bonds is 2. The minimum absolute atomic E-state index is 0.490. The summed E-state index contributed by atoms with van der Waals surface area (Å²) < 4.78 is 0. The number of nitrogens with two attached hydrogens (primary N) is 1. The maximum Gasteiger partial charge on any atom is 0.208 e. The van der Waals surface area contributed by atoms with Gasteiger partial charge >= 0.3 is 0 Å². The number of piperidine rings is 1.